The summed E-state index contributed by atoms with van der Waals surface area (Å²) < 4.78 is 16.1. The van der Waals surface area contributed by atoms with Gasteiger partial charge in [0.25, 0.3) is 0 Å². The van der Waals surface area contributed by atoms with Gasteiger partial charge in [0.1, 0.15) is 6.04 Å². The Morgan fingerprint density at radius 3 is 2.81 bits per heavy atom. The van der Waals surface area contributed by atoms with Gasteiger partial charge in [-0.2, -0.15) is 0 Å². The van der Waals surface area contributed by atoms with Gasteiger partial charge < -0.3 is 24.1 Å². The second-order valence-electron chi connectivity index (χ2n) is 7.56. The number of hydrogen-bond acceptors (Lipinski definition) is 5. The number of rotatable bonds is 4. The molecule has 3 aromatic rings. The largest absolute Gasteiger partial charge is 0.467 e. The molecule has 1 amide bonds. The highest BCUT2D eigenvalue weighted by Gasteiger charge is 2.44. The van der Waals surface area contributed by atoms with Crippen LogP contribution in [0.5, 0.6) is 11.5 Å². The molecule has 1 N–H and O–H groups in total. The van der Waals surface area contributed by atoms with Gasteiger partial charge in [0, 0.05) is 35.3 Å². The van der Waals surface area contributed by atoms with Crippen LogP contribution in [0.2, 0.25) is 0 Å². The lowest BCUT2D eigenvalue weighted by atomic mass is 9.87. The number of methoxy groups -OCH3 is 1. The van der Waals surface area contributed by atoms with E-state index >= 15 is 0 Å². The van der Waals surface area contributed by atoms with E-state index in [1.165, 1.54) is 7.11 Å². The number of nitrogens with zero attached hydrogens (tertiary/aromatic N) is 1. The minimum atomic E-state index is -0.761. The van der Waals surface area contributed by atoms with E-state index in [9.17, 15) is 9.59 Å². The van der Waals surface area contributed by atoms with Gasteiger partial charge in [0.15, 0.2) is 11.5 Å². The van der Waals surface area contributed by atoms with Crippen LogP contribution in [0, 0.1) is 0 Å². The maximum absolute atomic E-state index is 13.2. The highest BCUT2D eigenvalue weighted by Crippen LogP contribution is 2.44. The molecule has 0 saturated heterocycles. The number of halogens is 1. The van der Waals surface area contributed by atoms with Crippen LogP contribution in [-0.4, -0.2) is 47.6 Å². The third-order valence-corrected chi connectivity index (χ3v) is 6.10. The molecule has 7 nitrogen and oxygen atoms in total. The predicted molar refractivity (Wildman–Crippen MR) is 114 cm³/mol. The average Bonchev–Trinajstić information content (AvgIpc) is 3.41. The van der Waals surface area contributed by atoms with Crippen LogP contribution in [0.4, 0.5) is 0 Å². The van der Waals surface area contributed by atoms with Crippen molar-refractivity contribution in [2.45, 2.75) is 24.9 Å². The molecule has 3 heterocycles. The summed E-state index contributed by atoms with van der Waals surface area (Å²) in [7, 11) is 1.34. The first-order valence-electron chi connectivity index (χ1n) is 10.1. The minimum absolute atomic E-state index is 0.117. The van der Waals surface area contributed by atoms with Crippen molar-refractivity contribution in [2.24, 2.45) is 0 Å². The van der Waals surface area contributed by atoms with Crippen molar-refractivity contribution in [3.8, 4) is 11.5 Å². The first-order valence-corrected chi connectivity index (χ1v) is 10.6. The van der Waals surface area contributed by atoms with Crippen molar-refractivity contribution in [2.75, 3.05) is 19.8 Å². The number of ether oxygens (including phenoxy) is 3. The lowest BCUT2D eigenvalue weighted by Crippen LogP contribution is -2.52. The zero-order valence-corrected chi connectivity index (χ0v) is 17.6. The number of aromatic nitrogens is 1. The molecule has 160 valence electrons. The summed E-state index contributed by atoms with van der Waals surface area (Å²) in [5.74, 6) is 0.762. The van der Waals surface area contributed by atoms with Crippen molar-refractivity contribution in [1.82, 2.24) is 9.88 Å². The predicted octanol–water partition coefficient (Wildman–Crippen LogP) is 3.54. The van der Waals surface area contributed by atoms with Crippen molar-refractivity contribution in [3.05, 3.63) is 59.3 Å². The second-order valence-corrected chi connectivity index (χ2v) is 7.94. The molecular weight excluding hydrogens is 420 g/mol. The number of amides is 1. The van der Waals surface area contributed by atoms with E-state index in [1.54, 1.807) is 4.90 Å². The van der Waals surface area contributed by atoms with Gasteiger partial charge in [-0.25, -0.2) is 4.79 Å². The Morgan fingerprint density at radius 1 is 1.19 bits per heavy atom. The van der Waals surface area contributed by atoms with Gasteiger partial charge >= 0.3 is 5.97 Å². The zero-order valence-electron chi connectivity index (χ0n) is 16.9. The Hall–Kier alpha value is -3.19. The van der Waals surface area contributed by atoms with E-state index in [1.807, 2.05) is 42.5 Å². The number of alkyl halides is 1. The number of carbonyl (C=O) groups is 2. The summed E-state index contributed by atoms with van der Waals surface area (Å²) in [6, 6.07) is 12.2. The molecule has 2 unspecified atom stereocenters. The molecule has 1 aromatic heterocycles. The molecule has 31 heavy (non-hydrogen) atoms. The number of H-pyrrole nitrogens is 1. The van der Waals surface area contributed by atoms with E-state index < -0.39 is 18.1 Å². The molecule has 0 aliphatic carbocycles. The number of carbonyl (C=O) groups excluding carboxylic acids is 2. The Morgan fingerprint density at radius 2 is 2.00 bits per heavy atom. The lowest BCUT2D eigenvalue weighted by molar-refractivity contribution is -0.155. The summed E-state index contributed by atoms with van der Waals surface area (Å²) in [5, 5.41) is 1.03. The van der Waals surface area contributed by atoms with Crippen LogP contribution in [0.15, 0.2) is 42.5 Å². The first-order chi connectivity index (χ1) is 15.1. The SMILES string of the molecule is COC(=O)C1Cc2c([nH]c3ccccc23)C(c2ccc3c(c2)OCO3)N1C(=O)CCCl. The van der Waals surface area contributed by atoms with Gasteiger partial charge in [-0.15, -0.1) is 11.6 Å². The third-order valence-electron chi connectivity index (χ3n) is 5.91. The third kappa shape index (κ3) is 3.20. The smallest absolute Gasteiger partial charge is 0.328 e. The van der Waals surface area contributed by atoms with Gasteiger partial charge in [0.2, 0.25) is 12.7 Å². The molecule has 0 radical (unpaired) electrons. The van der Waals surface area contributed by atoms with E-state index in [2.05, 4.69) is 4.98 Å². The lowest BCUT2D eigenvalue weighted by Gasteiger charge is -2.41. The molecule has 2 aliphatic rings. The maximum Gasteiger partial charge on any atom is 0.328 e. The number of para-hydroxylation sites is 1. The number of aromatic amines is 1. The number of fused-ring (bicyclic) bond motifs is 4. The molecule has 8 heteroatoms. The minimum Gasteiger partial charge on any atom is -0.467 e. The quantitative estimate of drug-likeness (QED) is 0.495. The van der Waals surface area contributed by atoms with Gasteiger partial charge in [0.05, 0.1) is 13.2 Å². The fraction of sp³-hybridized carbons (Fsp3) is 0.304. The topological polar surface area (TPSA) is 80.9 Å². The molecule has 0 bridgehead atoms. The van der Waals surface area contributed by atoms with E-state index in [4.69, 9.17) is 25.8 Å². The Labute approximate surface area is 183 Å². The fourth-order valence-corrected chi connectivity index (χ4v) is 4.72. The molecule has 0 saturated carbocycles. The molecular formula is C23H21ClN2O5. The molecule has 2 aromatic carbocycles. The van der Waals surface area contributed by atoms with E-state index in [-0.39, 0.29) is 25.0 Å². The Kier molecular flexibility index (Phi) is 4.98. The van der Waals surface area contributed by atoms with Crippen LogP contribution in [-0.2, 0) is 20.7 Å². The van der Waals surface area contributed by atoms with Crippen LogP contribution in [0.3, 0.4) is 0 Å². The molecule has 2 aliphatic heterocycles. The van der Waals surface area contributed by atoms with Crippen molar-refractivity contribution >= 4 is 34.4 Å². The van der Waals surface area contributed by atoms with E-state index in [0.717, 1.165) is 27.7 Å². The summed E-state index contributed by atoms with van der Waals surface area (Å²) in [6.07, 6.45) is 0.479. The summed E-state index contributed by atoms with van der Waals surface area (Å²) >= 11 is 5.90. The van der Waals surface area contributed by atoms with Crippen molar-refractivity contribution in [3.63, 3.8) is 0 Å². The normalized spacial score (nSPS) is 19.4. The van der Waals surface area contributed by atoms with Crippen LogP contribution in [0.25, 0.3) is 10.9 Å². The van der Waals surface area contributed by atoms with Gasteiger partial charge in [-0.1, -0.05) is 24.3 Å². The number of hydrogen-bond donors (Lipinski definition) is 1. The summed E-state index contributed by atoms with van der Waals surface area (Å²) in [5.41, 5.74) is 3.65. The number of esters is 1. The van der Waals surface area contributed by atoms with Crippen molar-refractivity contribution in [1.29, 1.82) is 0 Å². The monoisotopic (exact) mass is 440 g/mol. The van der Waals surface area contributed by atoms with Crippen LogP contribution in [0.1, 0.15) is 29.3 Å². The molecule has 2 atom stereocenters. The van der Waals surface area contributed by atoms with E-state index in [0.29, 0.717) is 17.9 Å². The highest BCUT2D eigenvalue weighted by molar-refractivity contribution is 6.19. The molecule has 5 rings (SSSR count). The molecule has 0 spiro atoms. The van der Waals surface area contributed by atoms with Crippen molar-refractivity contribution < 1.29 is 23.8 Å². The average molecular weight is 441 g/mol. The summed E-state index contributed by atoms with van der Waals surface area (Å²) in [4.78, 5) is 31.1. The second kappa shape index (κ2) is 7.81. The van der Waals surface area contributed by atoms with Gasteiger partial charge in [-0.05, 0) is 29.3 Å². The fourth-order valence-electron chi connectivity index (χ4n) is 4.56. The summed E-state index contributed by atoms with van der Waals surface area (Å²) in [6.45, 7) is 0.154. The zero-order chi connectivity index (χ0) is 21.5. The Balaban J connectivity index is 1.73. The molecule has 0 fully saturated rings. The Bertz CT molecular complexity index is 1170. The number of benzene rings is 2. The maximum atomic E-state index is 13.2. The highest BCUT2D eigenvalue weighted by atomic mass is 35.5. The van der Waals surface area contributed by atoms with Crippen LogP contribution < -0.4 is 9.47 Å². The first kappa shape index (κ1) is 19.8. The number of nitrogens with one attached hydrogen (secondary N) is 1. The van der Waals surface area contributed by atoms with Crippen LogP contribution >= 0.6 is 11.6 Å². The van der Waals surface area contributed by atoms with Gasteiger partial charge in [-0.3, -0.25) is 4.79 Å². The standard InChI is InChI=1S/C23H21ClN2O5/c1-29-23(28)17-11-15-14-4-2-3-5-16(14)25-21(15)22(26(17)20(27)8-9-24)13-6-7-18-19(10-13)31-12-30-18/h2-7,10,17,22,25H,8-9,11-12H2,1H3.